The topological polar surface area (TPSA) is 104 Å². The molecule has 1 aliphatic heterocycles. The average Bonchev–Trinajstić information content (AvgIpc) is 2.89. The van der Waals surface area contributed by atoms with Gasteiger partial charge in [0.25, 0.3) is 0 Å². The van der Waals surface area contributed by atoms with Gasteiger partial charge in [-0.05, 0) is 30.7 Å². The Balaban J connectivity index is 1.73. The van der Waals surface area contributed by atoms with Crippen LogP contribution in [0.2, 0.25) is 0 Å². The van der Waals surface area contributed by atoms with Gasteiger partial charge in [-0.3, -0.25) is 0 Å². The number of aromatic carboxylic acids is 1. The third kappa shape index (κ3) is 3.81. The van der Waals surface area contributed by atoms with Gasteiger partial charge in [0, 0.05) is 26.2 Å². The first kappa shape index (κ1) is 18.2. The number of aromatic nitrogens is 2. The van der Waals surface area contributed by atoms with Gasteiger partial charge in [0.15, 0.2) is 5.69 Å². The van der Waals surface area contributed by atoms with E-state index in [9.17, 15) is 17.6 Å². The third-order valence-electron chi connectivity index (χ3n) is 4.09. The molecular formula is C16H17FN4O4S. The fourth-order valence-corrected chi connectivity index (χ4v) is 4.18. The molecule has 1 fully saturated rings. The zero-order chi connectivity index (χ0) is 18.7. The summed E-state index contributed by atoms with van der Waals surface area (Å²) in [7, 11) is -3.70. The molecule has 0 bridgehead atoms. The molecule has 1 N–H and O–H groups in total. The van der Waals surface area contributed by atoms with Gasteiger partial charge in [0.1, 0.15) is 11.6 Å². The maximum absolute atomic E-state index is 13.0. The number of hydrogen-bond acceptors (Lipinski definition) is 6. The van der Waals surface area contributed by atoms with E-state index in [1.54, 1.807) is 0 Å². The summed E-state index contributed by atoms with van der Waals surface area (Å²) in [4.78, 5) is 20.7. The van der Waals surface area contributed by atoms with Gasteiger partial charge in [-0.15, -0.1) is 0 Å². The number of hydrogen-bond donors (Lipinski definition) is 1. The quantitative estimate of drug-likeness (QED) is 0.850. The SMILES string of the molecule is O=C(O)c1cnc(N2CCCN(S(=O)(=O)c3ccc(F)cc3)CC2)cn1. The van der Waals surface area contributed by atoms with Crippen LogP contribution in [0.4, 0.5) is 10.2 Å². The molecule has 8 nitrogen and oxygen atoms in total. The van der Waals surface area contributed by atoms with Crippen molar-refractivity contribution in [1.29, 1.82) is 0 Å². The summed E-state index contributed by atoms with van der Waals surface area (Å²) in [6.07, 6.45) is 3.12. The molecule has 2 heterocycles. The molecule has 26 heavy (non-hydrogen) atoms. The first-order chi connectivity index (χ1) is 12.4. The van der Waals surface area contributed by atoms with Gasteiger partial charge < -0.3 is 10.0 Å². The number of halogens is 1. The Labute approximate surface area is 150 Å². The fourth-order valence-electron chi connectivity index (χ4n) is 2.71. The number of carbonyl (C=O) groups is 1. The molecule has 0 unspecified atom stereocenters. The van der Waals surface area contributed by atoms with Crippen LogP contribution < -0.4 is 4.90 Å². The lowest BCUT2D eigenvalue weighted by Crippen LogP contribution is -2.35. The highest BCUT2D eigenvalue weighted by Crippen LogP contribution is 2.20. The minimum Gasteiger partial charge on any atom is -0.476 e. The van der Waals surface area contributed by atoms with Gasteiger partial charge in [-0.25, -0.2) is 27.6 Å². The van der Waals surface area contributed by atoms with E-state index in [4.69, 9.17) is 5.11 Å². The average molecular weight is 380 g/mol. The normalized spacial score (nSPS) is 16.3. The molecular weight excluding hydrogens is 363 g/mol. The highest BCUT2D eigenvalue weighted by Gasteiger charge is 2.27. The van der Waals surface area contributed by atoms with Crippen LogP contribution in [-0.4, -0.2) is 59.9 Å². The van der Waals surface area contributed by atoms with Crippen molar-refractivity contribution in [3.05, 3.63) is 48.2 Å². The molecule has 0 radical (unpaired) electrons. The van der Waals surface area contributed by atoms with Crippen LogP contribution in [0, 0.1) is 5.82 Å². The van der Waals surface area contributed by atoms with Crippen LogP contribution in [-0.2, 0) is 10.0 Å². The second kappa shape index (κ2) is 7.34. The first-order valence-corrected chi connectivity index (χ1v) is 9.38. The van der Waals surface area contributed by atoms with Crippen molar-refractivity contribution in [3.8, 4) is 0 Å². The van der Waals surface area contributed by atoms with Crippen LogP contribution >= 0.6 is 0 Å². The lowest BCUT2D eigenvalue weighted by Gasteiger charge is -2.22. The van der Waals surface area contributed by atoms with Crippen molar-refractivity contribution >= 4 is 21.8 Å². The lowest BCUT2D eigenvalue weighted by atomic mass is 10.4. The molecule has 1 saturated heterocycles. The molecule has 1 aromatic carbocycles. The smallest absolute Gasteiger partial charge is 0.356 e. The minimum absolute atomic E-state index is 0.0537. The molecule has 1 aliphatic rings. The number of benzene rings is 1. The lowest BCUT2D eigenvalue weighted by molar-refractivity contribution is 0.0690. The number of nitrogens with zero attached hydrogens (tertiary/aromatic N) is 4. The van der Waals surface area contributed by atoms with Gasteiger partial charge in [-0.1, -0.05) is 0 Å². The van der Waals surface area contributed by atoms with Crippen LogP contribution in [0.15, 0.2) is 41.6 Å². The molecule has 0 saturated carbocycles. The van der Waals surface area contributed by atoms with Crippen molar-refractivity contribution in [2.45, 2.75) is 11.3 Å². The van der Waals surface area contributed by atoms with E-state index in [2.05, 4.69) is 9.97 Å². The Bertz CT molecular complexity index is 887. The molecule has 138 valence electrons. The third-order valence-corrected chi connectivity index (χ3v) is 6.00. The van der Waals surface area contributed by atoms with E-state index < -0.39 is 21.8 Å². The van der Waals surface area contributed by atoms with E-state index >= 15 is 0 Å². The molecule has 0 spiro atoms. The number of anilines is 1. The van der Waals surface area contributed by atoms with Crippen LogP contribution in [0.1, 0.15) is 16.9 Å². The summed E-state index contributed by atoms with van der Waals surface area (Å²) in [5.41, 5.74) is -0.149. The Morgan fingerprint density at radius 1 is 1.04 bits per heavy atom. The summed E-state index contributed by atoms with van der Waals surface area (Å²) in [5.74, 6) is -1.15. The van der Waals surface area contributed by atoms with Crippen molar-refractivity contribution in [2.75, 3.05) is 31.1 Å². The summed E-state index contributed by atoms with van der Waals surface area (Å²) >= 11 is 0. The molecule has 1 aromatic heterocycles. The minimum atomic E-state index is -3.70. The van der Waals surface area contributed by atoms with Gasteiger partial charge in [-0.2, -0.15) is 4.31 Å². The molecule has 2 aromatic rings. The van der Waals surface area contributed by atoms with Crippen molar-refractivity contribution in [1.82, 2.24) is 14.3 Å². The summed E-state index contributed by atoms with van der Waals surface area (Å²) in [5, 5.41) is 8.87. The molecule has 3 rings (SSSR count). The summed E-state index contributed by atoms with van der Waals surface area (Å²) < 4.78 is 39.8. The van der Waals surface area contributed by atoms with Crippen LogP contribution in [0.5, 0.6) is 0 Å². The monoisotopic (exact) mass is 380 g/mol. The van der Waals surface area contributed by atoms with Gasteiger partial charge in [0.2, 0.25) is 10.0 Å². The van der Waals surface area contributed by atoms with Crippen molar-refractivity contribution in [2.24, 2.45) is 0 Å². The van der Waals surface area contributed by atoms with E-state index in [1.165, 1.54) is 28.8 Å². The largest absolute Gasteiger partial charge is 0.476 e. The van der Waals surface area contributed by atoms with Gasteiger partial charge >= 0.3 is 5.97 Å². The highest BCUT2D eigenvalue weighted by molar-refractivity contribution is 7.89. The standard InChI is InChI=1S/C16H17FN4O4S/c17-12-2-4-13(5-3-12)26(24,25)21-7-1-6-20(8-9-21)15-11-18-14(10-19-15)16(22)23/h2-5,10-11H,1,6-9H2,(H,22,23). The first-order valence-electron chi connectivity index (χ1n) is 7.94. The van der Waals surface area contributed by atoms with E-state index in [1.807, 2.05) is 4.90 Å². The summed E-state index contributed by atoms with van der Waals surface area (Å²) in [6.45, 7) is 1.52. The zero-order valence-corrected chi connectivity index (χ0v) is 14.6. The second-order valence-corrected chi connectivity index (χ2v) is 7.70. The predicted molar refractivity (Wildman–Crippen MR) is 91.0 cm³/mol. The number of rotatable bonds is 4. The fraction of sp³-hybridized carbons (Fsp3) is 0.312. The van der Waals surface area contributed by atoms with E-state index in [0.717, 1.165) is 12.1 Å². The van der Waals surface area contributed by atoms with E-state index in [-0.39, 0.29) is 17.1 Å². The van der Waals surface area contributed by atoms with Crippen molar-refractivity contribution in [3.63, 3.8) is 0 Å². The Morgan fingerprint density at radius 2 is 1.77 bits per heavy atom. The maximum Gasteiger partial charge on any atom is 0.356 e. The maximum atomic E-state index is 13.0. The molecule has 0 atom stereocenters. The predicted octanol–water partition coefficient (Wildman–Crippen LogP) is 1.21. The molecule has 10 heteroatoms. The Morgan fingerprint density at radius 3 is 2.38 bits per heavy atom. The number of carboxylic acids is 1. The van der Waals surface area contributed by atoms with Gasteiger partial charge in [0.05, 0.1) is 17.3 Å². The van der Waals surface area contributed by atoms with Crippen molar-refractivity contribution < 1.29 is 22.7 Å². The Kier molecular flexibility index (Phi) is 5.14. The molecule has 0 amide bonds. The Hall–Kier alpha value is -2.59. The highest BCUT2D eigenvalue weighted by atomic mass is 32.2. The number of sulfonamides is 1. The van der Waals surface area contributed by atoms with Crippen LogP contribution in [0.25, 0.3) is 0 Å². The van der Waals surface area contributed by atoms with Crippen LogP contribution in [0.3, 0.4) is 0 Å². The zero-order valence-electron chi connectivity index (χ0n) is 13.7. The molecule has 0 aliphatic carbocycles. The van der Waals surface area contributed by atoms with E-state index in [0.29, 0.717) is 31.9 Å². The number of carboxylic acid groups (broad SMARTS) is 1. The summed E-state index contributed by atoms with van der Waals surface area (Å²) in [6, 6.07) is 4.75. The second-order valence-electron chi connectivity index (χ2n) is 5.76.